The van der Waals surface area contributed by atoms with Gasteiger partial charge in [0.25, 0.3) is 0 Å². The lowest BCUT2D eigenvalue weighted by Gasteiger charge is -2.24. The van der Waals surface area contributed by atoms with Gasteiger partial charge in [-0.25, -0.2) is 0 Å². The minimum absolute atomic E-state index is 0.0209. The number of carbonyl (C=O) groups excluding carboxylic acids is 3. The molecule has 3 amide bonds. The van der Waals surface area contributed by atoms with E-state index in [-0.39, 0.29) is 31.3 Å². The van der Waals surface area contributed by atoms with E-state index in [0.29, 0.717) is 6.42 Å². The lowest BCUT2D eigenvalue weighted by atomic mass is 10.0. The number of aliphatic carboxylic acids is 1. The number of carbonyl (C=O) groups is 4. The average molecular weight is 431 g/mol. The highest BCUT2D eigenvalue weighted by atomic mass is 16.4. The number of guanidine groups is 1. The maximum atomic E-state index is 12.7. The van der Waals surface area contributed by atoms with Crippen LogP contribution < -0.4 is 33.2 Å². The zero-order chi connectivity index (χ0) is 23.3. The van der Waals surface area contributed by atoms with Crippen molar-refractivity contribution in [1.29, 1.82) is 0 Å². The summed E-state index contributed by atoms with van der Waals surface area (Å²) in [5.41, 5.74) is 16.0. The van der Waals surface area contributed by atoms with Gasteiger partial charge in [-0.05, 0) is 25.2 Å². The third-order valence-corrected chi connectivity index (χ3v) is 3.87. The van der Waals surface area contributed by atoms with Crippen LogP contribution >= 0.6 is 0 Å². The first kappa shape index (κ1) is 27.1. The van der Waals surface area contributed by atoms with Gasteiger partial charge in [0.2, 0.25) is 17.7 Å². The van der Waals surface area contributed by atoms with Crippen LogP contribution in [0.5, 0.6) is 0 Å². The predicted molar refractivity (Wildman–Crippen MR) is 109 cm³/mol. The molecule has 172 valence electrons. The van der Waals surface area contributed by atoms with Crippen LogP contribution in [-0.2, 0) is 19.2 Å². The second-order valence-corrected chi connectivity index (χ2v) is 7.10. The number of aliphatic hydroxyl groups excluding tert-OH is 1. The fourth-order valence-electron chi connectivity index (χ4n) is 2.40. The number of hydrogen-bond donors (Lipinski definition) is 8. The van der Waals surface area contributed by atoms with E-state index in [4.69, 9.17) is 27.4 Å². The standard InChI is InChI=1S/C17H33N7O6/c1-9(2)6-12(24-14(28)10(18)8-25)16(30)23-11(4-3-5-21-17(19)20)15(29)22-7-13(26)27/h9-12,25H,3-8,18H2,1-2H3,(H,22,29)(H,23,30)(H,24,28)(H,26,27)(H4,19,20,21). The van der Waals surface area contributed by atoms with Crippen LogP contribution in [-0.4, -0.2) is 77.7 Å². The molecule has 13 nitrogen and oxygen atoms in total. The monoisotopic (exact) mass is 431 g/mol. The van der Waals surface area contributed by atoms with E-state index in [1.165, 1.54) is 0 Å². The Labute approximate surface area is 174 Å². The molecule has 0 heterocycles. The molecule has 0 radical (unpaired) electrons. The molecule has 11 N–H and O–H groups in total. The van der Waals surface area contributed by atoms with Gasteiger partial charge in [-0.2, -0.15) is 0 Å². The summed E-state index contributed by atoms with van der Waals surface area (Å²) in [6.07, 6.45) is 0.722. The van der Waals surface area contributed by atoms with Gasteiger partial charge in [0, 0.05) is 6.54 Å². The van der Waals surface area contributed by atoms with Crippen LogP contribution in [0.4, 0.5) is 0 Å². The Morgan fingerprint density at radius 2 is 1.60 bits per heavy atom. The molecule has 0 fully saturated rings. The third kappa shape index (κ3) is 11.8. The largest absolute Gasteiger partial charge is 0.480 e. The van der Waals surface area contributed by atoms with Crippen molar-refractivity contribution < 1.29 is 29.4 Å². The molecule has 30 heavy (non-hydrogen) atoms. The Morgan fingerprint density at radius 3 is 2.10 bits per heavy atom. The van der Waals surface area contributed by atoms with E-state index in [2.05, 4.69) is 20.9 Å². The average Bonchev–Trinajstić information content (AvgIpc) is 2.66. The van der Waals surface area contributed by atoms with Crippen molar-refractivity contribution in [3.8, 4) is 0 Å². The number of hydrogen-bond acceptors (Lipinski definition) is 7. The molecular formula is C17H33N7O6. The molecule has 0 aliphatic rings. The molecule has 3 unspecified atom stereocenters. The molecule has 0 aromatic heterocycles. The maximum Gasteiger partial charge on any atom is 0.322 e. The van der Waals surface area contributed by atoms with Crippen LogP contribution in [0.15, 0.2) is 4.99 Å². The maximum absolute atomic E-state index is 12.7. The highest BCUT2D eigenvalue weighted by Crippen LogP contribution is 2.07. The highest BCUT2D eigenvalue weighted by Gasteiger charge is 2.28. The summed E-state index contributed by atoms with van der Waals surface area (Å²) in [6, 6.07) is -3.26. The number of amides is 3. The number of carboxylic acids is 1. The van der Waals surface area contributed by atoms with Crippen molar-refractivity contribution in [3.63, 3.8) is 0 Å². The molecule has 3 atom stereocenters. The van der Waals surface area contributed by atoms with Crippen LogP contribution in [0.1, 0.15) is 33.1 Å². The quantitative estimate of drug-likeness (QED) is 0.0775. The number of nitrogens with one attached hydrogen (secondary N) is 3. The summed E-state index contributed by atoms with van der Waals surface area (Å²) < 4.78 is 0. The van der Waals surface area contributed by atoms with Crippen LogP contribution in [0, 0.1) is 5.92 Å². The van der Waals surface area contributed by atoms with Gasteiger partial charge in [-0.3, -0.25) is 24.2 Å². The normalized spacial score (nSPS) is 13.6. The summed E-state index contributed by atoms with van der Waals surface area (Å²) in [5, 5.41) is 24.9. The Kier molecular flexibility index (Phi) is 12.7. The molecule has 0 aliphatic heterocycles. The first-order valence-electron chi connectivity index (χ1n) is 9.50. The summed E-state index contributed by atoms with van der Waals surface area (Å²) in [7, 11) is 0. The van der Waals surface area contributed by atoms with E-state index < -0.39 is 55.0 Å². The van der Waals surface area contributed by atoms with Gasteiger partial charge < -0.3 is 43.4 Å². The molecule has 0 bridgehead atoms. The smallest absolute Gasteiger partial charge is 0.322 e. The second kappa shape index (κ2) is 14.1. The van der Waals surface area contributed by atoms with Crippen molar-refractivity contribution in [1.82, 2.24) is 16.0 Å². The molecule has 0 aromatic carbocycles. The zero-order valence-electron chi connectivity index (χ0n) is 17.3. The molecule has 0 spiro atoms. The molecule has 13 heteroatoms. The first-order valence-corrected chi connectivity index (χ1v) is 9.50. The van der Waals surface area contributed by atoms with Gasteiger partial charge >= 0.3 is 5.97 Å². The molecular weight excluding hydrogens is 398 g/mol. The van der Waals surface area contributed by atoms with Crippen molar-refractivity contribution in [2.45, 2.75) is 51.2 Å². The van der Waals surface area contributed by atoms with Gasteiger partial charge in [0.15, 0.2) is 5.96 Å². The fraction of sp³-hybridized carbons (Fsp3) is 0.706. The number of rotatable bonds is 14. The van der Waals surface area contributed by atoms with E-state index >= 15 is 0 Å². The summed E-state index contributed by atoms with van der Waals surface area (Å²) >= 11 is 0. The molecule has 0 aromatic rings. The van der Waals surface area contributed by atoms with Crippen LogP contribution in [0.3, 0.4) is 0 Å². The highest BCUT2D eigenvalue weighted by molar-refractivity contribution is 5.93. The predicted octanol–water partition coefficient (Wildman–Crippen LogP) is -3.42. The molecule has 0 rings (SSSR count). The van der Waals surface area contributed by atoms with E-state index in [1.807, 2.05) is 13.8 Å². The number of nitrogens with two attached hydrogens (primary N) is 3. The Hall–Kier alpha value is -2.93. The second-order valence-electron chi connectivity index (χ2n) is 7.10. The Bertz CT molecular complexity index is 622. The van der Waals surface area contributed by atoms with Gasteiger partial charge in [-0.15, -0.1) is 0 Å². The Morgan fingerprint density at radius 1 is 1.00 bits per heavy atom. The van der Waals surface area contributed by atoms with Gasteiger partial charge in [0.05, 0.1) is 6.61 Å². The first-order chi connectivity index (χ1) is 14.0. The topological polar surface area (TPSA) is 235 Å². The lowest BCUT2D eigenvalue weighted by molar-refractivity contribution is -0.138. The van der Waals surface area contributed by atoms with Crippen molar-refractivity contribution in [2.75, 3.05) is 19.7 Å². The SMILES string of the molecule is CC(C)CC(NC(=O)C(N)CO)C(=O)NC(CCCN=C(N)N)C(=O)NCC(=O)O. The molecule has 0 aliphatic carbocycles. The molecule has 0 saturated carbocycles. The number of nitrogens with zero attached hydrogens (tertiary/aromatic N) is 1. The zero-order valence-corrected chi connectivity index (χ0v) is 17.3. The van der Waals surface area contributed by atoms with Crippen molar-refractivity contribution in [2.24, 2.45) is 28.1 Å². The minimum Gasteiger partial charge on any atom is -0.480 e. The summed E-state index contributed by atoms with van der Waals surface area (Å²) in [6.45, 7) is 2.68. The van der Waals surface area contributed by atoms with Crippen molar-refractivity contribution >= 4 is 29.7 Å². The lowest BCUT2D eigenvalue weighted by Crippen LogP contribution is -2.56. The number of aliphatic imine (C=N–C) groups is 1. The van der Waals surface area contributed by atoms with Crippen LogP contribution in [0.25, 0.3) is 0 Å². The third-order valence-electron chi connectivity index (χ3n) is 3.87. The van der Waals surface area contributed by atoms with E-state index in [9.17, 15) is 19.2 Å². The number of aliphatic hydroxyl groups is 1. The fourth-order valence-corrected chi connectivity index (χ4v) is 2.40. The Balaban J connectivity index is 5.25. The van der Waals surface area contributed by atoms with E-state index in [0.717, 1.165) is 0 Å². The summed E-state index contributed by atoms with van der Waals surface area (Å²) in [4.78, 5) is 51.5. The van der Waals surface area contributed by atoms with Crippen LogP contribution in [0.2, 0.25) is 0 Å². The van der Waals surface area contributed by atoms with E-state index in [1.54, 1.807) is 0 Å². The number of carboxylic acid groups (broad SMARTS) is 1. The minimum atomic E-state index is -1.24. The molecule has 0 saturated heterocycles. The van der Waals surface area contributed by atoms with Gasteiger partial charge in [-0.1, -0.05) is 13.8 Å². The van der Waals surface area contributed by atoms with Gasteiger partial charge in [0.1, 0.15) is 24.7 Å². The summed E-state index contributed by atoms with van der Waals surface area (Å²) in [5.74, 6) is -3.38. The van der Waals surface area contributed by atoms with Crippen molar-refractivity contribution in [3.05, 3.63) is 0 Å².